The van der Waals surface area contributed by atoms with Gasteiger partial charge in [0.2, 0.25) is 0 Å². The first-order valence-electron chi connectivity index (χ1n) is 9.02. The largest absolute Gasteiger partial charge is 0.475 e. The third kappa shape index (κ3) is 9.53. The molecular weight excluding hydrogens is 300 g/mol. The van der Waals surface area contributed by atoms with E-state index < -0.39 is 6.10 Å². The van der Waals surface area contributed by atoms with Crippen molar-refractivity contribution in [1.29, 1.82) is 0 Å². The van der Waals surface area contributed by atoms with E-state index in [1.54, 1.807) is 6.26 Å². The summed E-state index contributed by atoms with van der Waals surface area (Å²) >= 11 is 0. The van der Waals surface area contributed by atoms with Gasteiger partial charge in [-0.3, -0.25) is 0 Å². The number of benzene rings is 1. The lowest BCUT2D eigenvalue weighted by atomic mass is 9.95. The van der Waals surface area contributed by atoms with Crippen molar-refractivity contribution < 1.29 is 14.6 Å². The highest BCUT2D eigenvalue weighted by molar-refractivity contribution is 5.13. The minimum atomic E-state index is -0.451. The van der Waals surface area contributed by atoms with Gasteiger partial charge in [-0.15, -0.1) is 0 Å². The Morgan fingerprint density at radius 3 is 2.58 bits per heavy atom. The molecular formula is C21H32O3. The van der Waals surface area contributed by atoms with E-state index in [-0.39, 0.29) is 12.7 Å². The standard InChI is InChI=1S/C21H32O3/c1-3-5-8-14-21(22)20(13-6-4-2)15-16-23-18-24-17-19-11-9-7-10-12-19/h7-12,14-16,20-22H,3-6,13,17-18H2,1-2H3/b14-8+,16-15-/t20-,21+/m0/s1. The van der Waals surface area contributed by atoms with Crippen molar-refractivity contribution >= 4 is 0 Å². The lowest BCUT2D eigenvalue weighted by molar-refractivity contribution is -0.0213. The number of hydrogen-bond acceptors (Lipinski definition) is 3. The molecule has 1 aromatic rings. The minimum Gasteiger partial charge on any atom is -0.475 e. The second-order valence-corrected chi connectivity index (χ2v) is 5.96. The van der Waals surface area contributed by atoms with E-state index in [0.717, 1.165) is 37.7 Å². The highest BCUT2D eigenvalue weighted by Gasteiger charge is 2.13. The molecule has 134 valence electrons. The minimum absolute atomic E-state index is 0.0900. The number of rotatable bonds is 13. The van der Waals surface area contributed by atoms with E-state index in [1.165, 1.54) is 0 Å². The summed E-state index contributed by atoms with van der Waals surface area (Å²) in [4.78, 5) is 0. The molecule has 0 fully saturated rings. The Kier molecular flexibility index (Phi) is 11.8. The van der Waals surface area contributed by atoms with Gasteiger partial charge in [0.05, 0.1) is 19.0 Å². The maximum Gasteiger partial charge on any atom is 0.188 e. The van der Waals surface area contributed by atoms with E-state index in [4.69, 9.17) is 9.47 Å². The molecule has 3 nitrogen and oxygen atoms in total. The van der Waals surface area contributed by atoms with Gasteiger partial charge in [-0.05, 0) is 24.5 Å². The average Bonchev–Trinajstić information content (AvgIpc) is 2.61. The van der Waals surface area contributed by atoms with E-state index in [1.807, 2.05) is 42.5 Å². The first kappa shape index (κ1) is 20.5. The summed E-state index contributed by atoms with van der Waals surface area (Å²) in [6.45, 7) is 5.05. The Morgan fingerprint density at radius 1 is 1.08 bits per heavy atom. The van der Waals surface area contributed by atoms with Crippen LogP contribution in [-0.2, 0) is 16.1 Å². The number of aliphatic hydroxyl groups excluding tert-OH is 1. The maximum atomic E-state index is 10.3. The third-order valence-corrected chi connectivity index (χ3v) is 3.80. The number of hydrogen-bond donors (Lipinski definition) is 1. The van der Waals surface area contributed by atoms with Gasteiger partial charge in [-0.1, -0.05) is 75.6 Å². The quantitative estimate of drug-likeness (QED) is 0.233. The molecule has 0 aliphatic rings. The molecule has 1 aromatic carbocycles. The van der Waals surface area contributed by atoms with Crippen LogP contribution in [0, 0.1) is 5.92 Å². The summed E-state index contributed by atoms with van der Waals surface area (Å²) in [5.74, 6) is 0.0900. The van der Waals surface area contributed by atoms with E-state index in [0.29, 0.717) is 6.61 Å². The zero-order valence-corrected chi connectivity index (χ0v) is 15.1. The van der Waals surface area contributed by atoms with Crippen LogP contribution in [-0.4, -0.2) is 18.0 Å². The number of aliphatic hydroxyl groups is 1. The van der Waals surface area contributed by atoms with Crippen LogP contribution in [0.15, 0.2) is 54.8 Å². The molecule has 3 heteroatoms. The highest BCUT2D eigenvalue weighted by Crippen LogP contribution is 2.16. The summed E-state index contributed by atoms with van der Waals surface area (Å²) in [6, 6.07) is 10.0. The van der Waals surface area contributed by atoms with Gasteiger partial charge < -0.3 is 14.6 Å². The van der Waals surface area contributed by atoms with Crippen molar-refractivity contribution in [2.45, 2.75) is 58.7 Å². The van der Waals surface area contributed by atoms with Crippen molar-refractivity contribution in [1.82, 2.24) is 0 Å². The second-order valence-electron chi connectivity index (χ2n) is 5.96. The predicted molar refractivity (Wildman–Crippen MR) is 99.4 cm³/mol. The molecule has 0 bridgehead atoms. The highest BCUT2D eigenvalue weighted by atomic mass is 16.7. The molecule has 1 N–H and O–H groups in total. The number of allylic oxidation sites excluding steroid dienone is 1. The van der Waals surface area contributed by atoms with Crippen LogP contribution >= 0.6 is 0 Å². The lowest BCUT2D eigenvalue weighted by Gasteiger charge is -2.16. The summed E-state index contributed by atoms with van der Waals surface area (Å²) in [6.07, 6.45) is 12.4. The van der Waals surface area contributed by atoms with Crippen LogP contribution in [0.4, 0.5) is 0 Å². The van der Waals surface area contributed by atoms with Gasteiger partial charge in [-0.2, -0.15) is 0 Å². The SMILES string of the molecule is CCC/C=C/[C@@H](O)[C@H](/C=C\OCOCc1ccccc1)CCCC. The smallest absolute Gasteiger partial charge is 0.188 e. The first-order valence-corrected chi connectivity index (χ1v) is 9.02. The Labute approximate surface area is 147 Å². The molecule has 0 heterocycles. The molecule has 1 rings (SSSR count). The van der Waals surface area contributed by atoms with Crippen molar-refractivity contribution in [3.8, 4) is 0 Å². The topological polar surface area (TPSA) is 38.7 Å². The predicted octanol–water partition coefficient (Wildman–Crippen LogP) is 5.21. The van der Waals surface area contributed by atoms with E-state index in [9.17, 15) is 5.11 Å². The van der Waals surface area contributed by atoms with Gasteiger partial charge in [0, 0.05) is 5.92 Å². The molecule has 0 unspecified atom stereocenters. The fraction of sp³-hybridized carbons (Fsp3) is 0.524. The van der Waals surface area contributed by atoms with Crippen LogP contribution < -0.4 is 0 Å². The Hall–Kier alpha value is -1.58. The molecule has 0 saturated carbocycles. The molecule has 0 saturated heterocycles. The number of unbranched alkanes of at least 4 members (excludes halogenated alkanes) is 2. The van der Waals surface area contributed by atoms with Crippen molar-refractivity contribution in [3.63, 3.8) is 0 Å². The molecule has 0 radical (unpaired) electrons. The third-order valence-electron chi connectivity index (χ3n) is 3.80. The van der Waals surface area contributed by atoms with Crippen LogP contribution in [0.1, 0.15) is 51.5 Å². The van der Waals surface area contributed by atoms with Crippen molar-refractivity contribution in [3.05, 3.63) is 60.4 Å². The Balaban J connectivity index is 2.32. The first-order chi connectivity index (χ1) is 11.8. The monoisotopic (exact) mass is 332 g/mol. The lowest BCUT2D eigenvalue weighted by Crippen LogP contribution is -2.16. The molecule has 2 atom stereocenters. The zero-order chi connectivity index (χ0) is 17.5. The summed E-state index contributed by atoms with van der Waals surface area (Å²) in [5, 5.41) is 10.3. The Bertz CT molecular complexity index is 453. The fourth-order valence-electron chi connectivity index (χ4n) is 2.34. The van der Waals surface area contributed by atoms with Crippen LogP contribution in [0.25, 0.3) is 0 Å². The van der Waals surface area contributed by atoms with Crippen LogP contribution in [0.3, 0.4) is 0 Å². The molecule has 24 heavy (non-hydrogen) atoms. The van der Waals surface area contributed by atoms with E-state index in [2.05, 4.69) is 19.9 Å². The van der Waals surface area contributed by atoms with Crippen LogP contribution in [0.2, 0.25) is 0 Å². The summed E-state index contributed by atoms with van der Waals surface area (Å²) in [7, 11) is 0. The summed E-state index contributed by atoms with van der Waals surface area (Å²) < 4.78 is 10.9. The van der Waals surface area contributed by atoms with Gasteiger partial charge in [0.15, 0.2) is 6.79 Å². The van der Waals surface area contributed by atoms with Crippen molar-refractivity contribution in [2.75, 3.05) is 6.79 Å². The van der Waals surface area contributed by atoms with E-state index >= 15 is 0 Å². The van der Waals surface area contributed by atoms with Crippen LogP contribution in [0.5, 0.6) is 0 Å². The van der Waals surface area contributed by atoms with Gasteiger partial charge in [0.1, 0.15) is 0 Å². The Morgan fingerprint density at radius 2 is 1.88 bits per heavy atom. The van der Waals surface area contributed by atoms with Gasteiger partial charge in [-0.25, -0.2) is 0 Å². The molecule has 0 aliphatic heterocycles. The molecule has 0 aliphatic carbocycles. The molecule has 0 spiro atoms. The maximum absolute atomic E-state index is 10.3. The normalized spacial score (nSPS) is 14.3. The number of ether oxygens (including phenoxy) is 2. The van der Waals surface area contributed by atoms with Gasteiger partial charge >= 0.3 is 0 Å². The van der Waals surface area contributed by atoms with Crippen molar-refractivity contribution in [2.24, 2.45) is 5.92 Å². The van der Waals surface area contributed by atoms with Gasteiger partial charge in [0.25, 0.3) is 0 Å². The molecule has 0 aromatic heterocycles. The average molecular weight is 332 g/mol. The fourth-order valence-corrected chi connectivity index (χ4v) is 2.34. The zero-order valence-electron chi connectivity index (χ0n) is 15.1. The summed E-state index contributed by atoms with van der Waals surface area (Å²) in [5.41, 5.74) is 1.13. The second kappa shape index (κ2) is 13.8. The molecule has 0 amide bonds.